The van der Waals surface area contributed by atoms with Crippen LogP contribution in [0.1, 0.15) is 11.1 Å². The molecule has 3 aromatic rings. The third-order valence-electron chi connectivity index (χ3n) is 5.09. The minimum Gasteiger partial charge on any atom is -0.477 e. The maximum absolute atomic E-state index is 12.7. The summed E-state index contributed by atoms with van der Waals surface area (Å²) in [5.74, 6) is -1.82. The van der Waals surface area contributed by atoms with Gasteiger partial charge in [-0.2, -0.15) is 0 Å². The lowest BCUT2D eigenvalue weighted by molar-refractivity contribution is -0.385. The number of nitrogens with one attached hydrogen (secondary N) is 2. The summed E-state index contributed by atoms with van der Waals surface area (Å²) in [6, 6.07) is 19.6. The molecule has 0 aliphatic carbocycles. The number of nitrogens with zero attached hydrogens (tertiary/aromatic N) is 2. The third kappa shape index (κ3) is 5.33. The van der Waals surface area contributed by atoms with Crippen LogP contribution in [0.15, 0.2) is 78.4 Å². The van der Waals surface area contributed by atoms with E-state index >= 15 is 0 Å². The number of nitro groups is 1. The highest BCUT2D eigenvalue weighted by molar-refractivity contribution is 6.31. The van der Waals surface area contributed by atoms with Gasteiger partial charge in [0.1, 0.15) is 5.57 Å². The molecule has 35 heavy (non-hydrogen) atoms. The van der Waals surface area contributed by atoms with Gasteiger partial charge in [-0.1, -0.05) is 42.0 Å². The second kappa shape index (κ2) is 9.87. The molecule has 0 atom stereocenters. The van der Waals surface area contributed by atoms with Crippen LogP contribution in [-0.2, 0) is 14.4 Å². The van der Waals surface area contributed by atoms with Crippen molar-refractivity contribution in [1.29, 1.82) is 0 Å². The average molecular weight is 472 g/mol. The maximum Gasteiger partial charge on any atom is 0.311 e. The molecule has 0 saturated carbocycles. The van der Waals surface area contributed by atoms with E-state index in [9.17, 15) is 24.5 Å². The van der Waals surface area contributed by atoms with Crippen molar-refractivity contribution >= 4 is 40.9 Å². The summed E-state index contributed by atoms with van der Waals surface area (Å²) >= 11 is 0. The number of carbonyl (C=O) groups excluding carboxylic acids is 3. The summed E-state index contributed by atoms with van der Waals surface area (Å²) < 4.78 is 5.37. The molecule has 0 bridgehead atoms. The molecule has 176 valence electrons. The fourth-order valence-corrected chi connectivity index (χ4v) is 3.35. The number of para-hydroxylation sites is 1. The van der Waals surface area contributed by atoms with E-state index in [0.29, 0.717) is 11.4 Å². The molecule has 0 unspecified atom stereocenters. The summed E-state index contributed by atoms with van der Waals surface area (Å²) in [6.45, 7) is 1.48. The minimum absolute atomic E-state index is 0.121. The lowest BCUT2D eigenvalue weighted by Crippen LogP contribution is -2.35. The summed E-state index contributed by atoms with van der Waals surface area (Å²) in [7, 11) is 0. The molecule has 2 N–H and O–H groups in total. The van der Waals surface area contributed by atoms with Gasteiger partial charge < -0.3 is 10.1 Å². The van der Waals surface area contributed by atoms with Crippen LogP contribution in [0.25, 0.3) is 6.08 Å². The van der Waals surface area contributed by atoms with Gasteiger partial charge >= 0.3 is 5.69 Å². The Labute approximate surface area is 199 Å². The van der Waals surface area contributed by atoms with Crippen LogP contribution >= 0.6 is 0 Å². The first-order valence-electron chi connectivity index (χ1n) is 10.5. The zero-order valence-corrected chi connectivity index (χ0v) is 18.6. The Kier molecular flexibility index (Phi) is 6.54. The van der Waals surface area contributed by atoms with E-state index in [1.54, 1.807) is 42.5 Å². The molecule has 0 aromatic heterocycles. The van der Waals surface area contributed by atoms with Crippen molar-refractivity contribution in [2.75, 3.05) is 16.9 Å². The van der Waals surface area contributed by atoms with E-state index in [1.807, 2.05) is 19.1 Å². The van der Waals surface area contributed by atoms with Crippen LogP contribution in [-0.4, -0.2) is 29.3 Å². The maximum atomic E-state index is 12.7. The van der Waals surface area contributed by atoms with Gasteiger partial charge in [0.15, 0.2) is 12.4 Å². The number of hydrogen-bond donors (Lipinski definition) is 2. The topological polar surface area (TPSA) is 131 Å². The molecule has 3 aromatic carbocycles. The van der Waals surface area contributed by atoms with Gasteiger partial charge in [-0.25, -0.2) is 5.01 Å². The van der Waals surface area contributed by atoms with Crippen LogP contribution in [0, 0.1) is 17.0 Å². The third-order valence-corrected chi connectivity index (χ3v) is 5.09. The summed E-state index contributed by atoms with van der Waals surface area (Å²) in [4.78, 5) is 48.2. The van der Waals surface area contributed by atoms with Crippen LogP contribution in [0.3, 0.4) is 0 Å². The average Bonchev–Trinajstić information content (AvgIpc) is 3.13. The molecule has 10 nitrogen and oxygen atoms in total. The van der Waals surface area contributed by atoms with Crippen molar-refractivity contribution in [1.82, 2.24) is 5.43 Å². The Morgan fingerprint density at radius 3 is 2.49 bits per heavy atom. The molecular formula is C25H20N4O6. The van der Waals surface area contributed by atoms with Gasteiger partial charge in [-0.05, 0) is 48.9 Å². The van der Waals surface area contributed by atoms with E-state index in [4.69, 9.17) is 4.74 Å². The van der Waals surface area contributed by atoms with Crippen LogP contribution in [0.4, 0.5) is 17.1 Å². The van der Waals surface area contributed by atoms with Crippen LogP contribution < -0.4 is 20.5 Å². The number of rotatable bonds is 7. The van der Waals surface area contributed by atoms with Gasteiger partial charge in [0, 0.05) is 11.8 Å². The molecule has 0 radical (unpaired) electrons. The number of carbonyl (C=O) groups is 3. The highest BCUT2D eigenvalue weighted by Gasteiger charge is 2.34. The predicted molar refractivity (Wildman–Crippen MR) is 128 cm³/mol. The highest BCUT2D eigenvalue weighted by atomic mass is 16.6. The quantitative estimate of drug-likeness (QED) is 0.235. The van der Waals surface area contributed by atoms with Gasteiger partial charge in [0.05, 0.1) is 10.6 Å². The zero-order valence-electron chi connectivity index (χ0n) is 18.6. The number of aryl methyl sites for hydroxylation is 1. The Balaban J connectivity index is 1.49. The van der Waals surface area contributed by atoms with Crippen molar-refractivity contribution in [3.05, 3.63) is 99.6 Å². The standard InChI is InChI=1S/C25H20N4O6/c1-16-7-10-18(11-8-16)26-23(30)15-35-22-12-9-17(14-21(22)29(33)34)13-20-24(31)27-28(25(20)32)19-5-3-2-4-6-19/h2-14H,15H2,1H3,(H,26,30)(H,27,31)/b20-13-. The molecular weight excluding hydrogens is 452 g/mol. The Morgan fingerprint density at radius 2 is 1.80 bits per heavy atom. The Morgan fingerprint density at radius 1 is 1.09 bits per heavy atom. The lowest BCUT2D eigenvalue weighted by Gasteiger charge is -2.13. The van der Waals surface area contributed by atoms with Crippen LogP contribution in [0.2, 0.25) is 0 Å². The van der Waals surface area contributed by atoms with Crippen LogP contribution in [0.5, 0.6) is 5.75 Å². The number of hydrogen-bond acceptors (Lipinski definition) is 6. The lowest BCUT2D eigenvalue weighted by atomic mass is 10.1. The monoisotopic (exact) mass is 472 g/mol. The fourth-order valence-electron chi connectivity index (χ4n) is 3.35. The predicted octanol–water partition coefficient (Wildman–Crippen LogP) is 3.38. The Bertz CT molecular complexity index is 1340. The van der Waals surface area contributed by atoms with E-state index in [0.717, 1.165) is 10.6 Å². The molecule has 1 fully saturated rings. The van der Waals surface area contributed by atoms with E-state index in [2.05, 4.69) is 10.7 Å². The number of benzene rings is 3. The summed E-state index contributed by atoms with van der Waals surface area (Å²) in [6.07, 6.45) is 1.27. The smallest absolute Gasteiger partial charge is 0.311 e. The van der Waals surface area contributed by atoms with Crippen molar-refractivity contribution < 1.29 is 24.0 Å². The zero-order chi connectivity index (χ0) is 24.9. The Hall–Kier alpha value is -4.99. The second-order valence-corrected chi connectivity index (χ2v) is 7.66. The van der Waals surface area contributed by atoms with Crippen molar-refractivity contribution in [2.24, 2.45) is 0 Å². The van der Waals surface area contributed by atoms with Crippen molar-refractivity contribution in [3.63, 3.8) is 0 Å². The molecule has 0 spiro atoms. The first-order chi connectivity index (χ1) is 16.8. The molecule has 3 amide bonds. The number of nitro benzene ring substituents is 1. The van der Waals surface area contributed by atoms with Gasteiger partial charge in [-0.3, -0.25) is 29.9 Å². The number of anilines is 2. The number of amides is 3. The number of ether oxygens (including phenoxy) is 1. The normalized spacial score (nSPS) is 14.1. The molecule has 4 rings (SSSR count). The first-order valence-corrected chi connectivity index (χ1v) is 10.5. The first kappa shape index (κ1) is 23.2. The van der Waals surface area contributed by atoms with Gasteiger partial charge in [0.25, 0.3) is 17.7 Å². The van der Waals surface area contributed by atoms with E-state index in [-0.39, 0.29) is 16.9 Å². The molecule has 1 heterocycles. The fraction of sp³-hybridized carbons (Fsp3) is 0.0800. The molecule has 1 saturated heterocycles. The largest absolute Gasteiger partial charge is 0.477 e. The van der Waals surface area contributed by atoms with Gasteiger partial charge in [0.2, 0.25) is 0 Å². The highest BCUT2D eigenvalue weighted by Crippen LogP contribution is 2.30. The molecule has 1 aliphatic heterocycles. The molecule has 10 heteroatoms. The van der Waals surface area contributed by atoms with Crippen molar-refractivity contribution in [3.8, 4) is 5.75 Å². The summed E-state index contributed by atoms with van der Waals surface area (Å²) in [5, 5.41) is 15.3. The van der Waals surface area contributed by atoms with Gasteiger partial charge in [-0.15, -0.1) is 0 Å². The van der Waals surface area contributed by atoms with E-state index < -0.39 is 34.9 Å². The SMILES string of the molecule is Cc1ccc(NC(=O)COc2ccc(/C=C3/C(=O)NN(c4ccccc4)C3=O)cc2[N+](=O)[O-])cc1. The number of hydrazine groups is 1. The minimum atomic E-state index is -0.665. The molecule has 1 aliphatic rings. The summed E-state index contributed by atoms with van der Waals surface area (Å²) in [5.41, 5.74) is 4.23. The van der Waals surface area contributed by atoms with Crippen molar-refractivity contribution in [2.45, 2.75) is 6.92 Å². The van der Waals surface area contributed by atoms with E-state index in [1.165, 1.54) is 24.3 Å². The second-order valence-electron chi connectivity index (χ2n) is 7.66.